The van der Waals surface area contributed by atoms with Crippen molar-refractivity contribution in [2.24, 2.45) is 16.6 Å². The normalized spacial score (nSPS) is 30.7. The summed E-state index contributed by atoms with van der Waals surface area (Å²) in [5.74, 6) is 0.982. The number of hydrogen-bond donors (Lipinski definition) is 1. The predicted octanol–water partition coefficient (Wildman–Crippen LogP) is 2.91. The average molecular weight is 261 g/mol. The van der Waals surface area contributed by atoms with Crippen LogP contribution in [0.5, 0.6) is 0 Å². The minimum absolute atomic E-state index is 0.0984. The molecule has 0 radical (unpaired) electrons. The summed E-state index contributed by atoms with van der Waals surface area (Å²) in [6.45, 7) is 2.97. The molecule has 0 unspecified atom stereocenters. The van der Waals surface area contributed by atoms with Crippen molar-refractivity contribution in [2.45, 2.75) is 38.1 Å². The number of hydrogen-bond acceptors (Lipinski definition) is 3. The van der Waals surface area contributed by atoms with Crippen molar-refractivity contribution in [3.8, 4) is 0 Å². The Balaban J connectivity index is 1.97. The van der Waals surface area contributed by atoms with E-state index in [9.17, 15) is 4.39 Å². The van der Waals surface area contributed by atoms with Gasteiger partial charge in [0, 0.05) is 0 Å². The van der Waals surface area contributed by atoms with Crippen LogP contribution >= 0.6 is 0 Å². The number of benzene rings is 1. The summed E-state index contributed by atoms with van der Waals surface area (Å²) in [7, 11) is 0. The molecular formula is C15H20FN3. The molecule has 1 aromatic rings. The van der Waals surface area contributed by atoms with E-state index in [0.717, 1.165) is 31.6 Å². The van der Waals surface area contributed by atoms with E-state index in [0.29, 0.717) is 18.2 Å². The summed E-state index contributed by atoms with van der Waals surface area (Å²) in [5.41, 5.74) is 6.50. The van der Waals surface area contributed by atoms with Crippen molar-refractivity contribution < 1.29 is 4.39 Å². The van der Waals surface area contributed by atoms with Crippen LogP contribution in [0.3, 0.4) is 0 Å². The third-order valence-electron chi connectivity index (χ3n) is 4.54. The number of anilines is 1. The van der Waals surface area contributed by atoms with Crippen molar-refractivity contribution in [1.82, 2.24) is 0 Å². The van der Waals surface area contributed by atoms with Crippen molar-refractivity contribution >= 4 is 11.6 Å². The van der Waals surface area contributed by atoms with Crippen LogP contribution in [-0.4, -0.2) is 18.0 Å². The minimum Gasteiger partial charge on any atom is -0.369 e. The van der Waals surface area contributed by atoms with E-state index in [4.69, 9.17) is 5.73 Å². The smallest absolute Gasteiger partial charge is 0.196 e. The van der Waals surface area contributed by atoms with E-state index in [2.05, 4.69) is 11.9 Å². The van der Waals surface area contributed by atoms with Crippen LogP contribution < -0.4 is 10.6 Å². The van der Waals surface area contributed by atoms with E-state index >= 15 is 0 Å². The lowest BCUT2D eigenvalue weighted by atomic mass is 9.76. The van der Waals surface area contributed by atoms with E-state index in [1.165, 1.54) is 6.07 Å². The van der Waals surface area contributed by atoms with Crippen molar-refractivity contribution in [1.29, 1.82) is 0 Å². The third-order valence-corrected chi connectivity index (χ3v) is 4.54. The van der Waals surface area contributed by atoms with Gasteiger partial charge in [-0.2, -0.15) is 0 Å². The Bertz CT molecular complexity index is 504. The largest absolute Gasteiger partial charge is 0.369 e. The summed E-state index contributed by atoms with van der Waals surface area (Å²) < 4.78 is 14.1. The summed E-state index contributed by atoms with van der Waals surface area (Å²) in [6, 6.07) is 6.84. The molecule has 4 heteroatoms. The summed E-state index contributed by atoms with van der Waals surface area (Å²) in [5, 5.41) is 0. The Labute approximate surface area is 113 Å². The zero-order chi connectivity index (χ0) is 13.5. The zero-order valence-electron chi connectivity index (χ0n) is 11.3. The first-order valence-electron chi connectivity index (χ1n) is 6.97. The van der Waals surface area contributed by atoms with Gasteiger partial charge in [-0.25, -0.2) is 4.39 Å². The predicted molar refractivity (Wildman–Crippen MR) is 75.7 cm³/mol. The Morgan fingerprint density at radius 3 is 2.68 bits per heavy atom. The second kappa shape index (κ2) is 4.51. The SMILES string of the molecule is CC1CCC2(CC1)CN=C(N)N2c1ccccc1F. The third kappa shape index (κ3) is 1.99. The molecule has 1 spiro atoms. The van der Waals surface area contributed by atoms with Crippen molar-refractivity contribution in [3.05, 3.63) is 30.1 Å². The highest BCUT2D eigenvalue weighted by atomic mass is 19.1. The maximum Gasteiger partial charge on any atom is 0.196 e. The number of guanidine groups is 1. The van der Waals surface area contributed by atoms with Crippen molar-refractivity contribution in [2.75, 3.05) is 11.4 Å². The fourth-order valence-corrected chi connectivity index (χ4v) is 3.31. The first kappa shape index (κ1) is 12.5. The summed E-state index contributed by atoms with van der Waals surface area (Å²) >= 11 is 0. The monoisotopic (exact) mass is 261 g/mol. The molecule has 0 aromatic heterocycles. The van der Waals surface area contributed by atoms with E-state index in [-0.39, 0.29) is 11.4 Å². The van der Waals surface area contributed by atoms with Gasteiger partial charge in [0.25, 0.3) is 0 Å². The van der Waals surface area contributed by atoms with Crippen LogP contribution in [0.15, 0.2) is 29.3 Å². The van der Waals surface area contributed by atoms with Crippen LogP contribution in [0.1, 0.15) is 32.6 Å². The number of para-hydroxylation sites is 1. The molecule has 3 rings (SSSR count). The quantitative estimate of drug-likeness (QED) is 0.844. The minimum atomic E-state index is -0.222. The molecule has 1 aromatic carbocycles. The van der Waals surface area contributed by atoms with E-state index in [1.807, 2.05) is 11.0 Å². The van der Waals surface area contributed by atoms with Gasteiger partial charge in [-0.1, -0.05) is 19.1 Å². The number of rotatable bonds is 1. The molecular weight excluding hydrogens is 241 g/mol. The lowest BCUT2D eigenvalue weighted by Gasteiger charge is -2.43. The zero-order valence-corrected chi connectivity index (χ0v) is 11.3. The van der Waals surface area contributed by atoms with Gasteiger partial charge in [0.1, 0.15) is 5.82 Å². The fraction of sp³-hybridized carbons (Fsp3) is 0.533. The summed E-state index contributed by atoms with van der Waals surface area (Å²) in [6.07, 6.45) is 4.39. The highest BCUT2D eigenvalue weighted by Gasteiger charge is 2.45. The Morgan fingerprint density at radius 1 is 1.32 bits per heavy atom. The van der Waals surface area contributed by atoms with Crippen LogP contribution in [0, 0.1) is 11.7 Å². The van der Waals surface area contributed by atoms with Crippen molar-refractivity contribution in [3.63, 3.8) is 0 Å². The average Bonchev–Trinajstić information content (AvgIpc) is 2.72. The second-order valence-electron chi connectivity index (χ2n) is 5.87. The topological polar surface area (TPSA) is 41.6 Å². The van der Waals surface area contributed by atoms with Crippen LogP contribution in [0.2, 0.25) is 0 Å². The molecule has 2 aliphatic rings. The van der Waals surface area contributed by atoms with E-state index < -0.39 is 0 Å². The Kier molecular flexibility index (Phi) is 2.96. The molecule has 1 fully saturated rings. The molecule has 0 atom stereocenters. The molecule has 102 valence electrons. The highest BCUT2D eigenvalue weighted by Crippen LogP contribution is 2.42. The molecule has 19 heavy (non-hydrogen) atoms. The number of nitrogens with zero attached hydrogens (tertiary/aromatic N) is 2. The van der Waals surface area contributed by atoms with Gasteiger partial charge in [-0.15, -0.1) is 0 Å². The van der Waals surface area contributed by atoms with E-state index in [1.54, 1.807) is 12.1 Å². The van der Waals surface area contributed by atoms with Crippen LogP contribution in [0.25, 0.3) is 0 Å². The van der Waals surface area contributed by atoms with Gasteiger partial charge >= 0.3 is 0 Å². The maximum absolute atomic E-state index is 14.1. The molecule has 0 amide bonds. The second-order valence-corrected chi connectivity index (χ2v) is 5.87. The lowest BCUT2D eigenvalue weighted by molar-refractivity contribution is 0.260. The molecule has 2 N–H and O–H groups in total. The lowest BCUT2D eigenvalue weighted by Crippen LogP contribution is -2.54. The van der Waals surface area contributed by atoms with Gasteiger partial charge in [0.15, 0.2) is 5.96 Å². The fourth-order valence-electron chi connectivity index (χ4n) is 3.31. The maximum atomic E-state index is 14.1. The Morgan fingerprint density at radius 2 is 2.00 bits per heavy atom. The molecule has 1 heterocycles. The molecule has 3 nitrogen and oxygen atoms in total. The molecule has 0 bridgehead atoms. The van der Waals surface area contributed by atoms with Gasteiger partial charge < -0.3 is 10.6 Å². The first-order valence-corrected chi connectivity index (χ1v) is 6.97. The van der Waals surface area contributed by atoms with Gasteiger partial charge in [0.05, 0.1) is 17.8 Å². The van der Waals surface area contributed by atoms with Gasteiger partial charge in [-0.3, -0.25) is 4.99 Å². The first-order chi connectivity index (χ1) is 9.12. The molecule has 1 aliphatic carbocycles. The molecule has 1 saturated carbocycles. The molecule has 0 saturated heterocycles. The van der Waals surface area contributed by atoms with Gasteiger partial charge in [-0.05, 0) is 43.7 Å². The highest BCUT2D eigenvalue weighted by molar-refractivity contribution is 5.98. The number of halogens is 1. The van der Waals surface area contributed by atoms with Crippen LogP contribution in [-0.2, 0) is 0 Å². The van der Waals surface area contributed by atoms with Gasteiger partial charge in [0.2, 0.25) is 0 Å². The van der Waals surface area contributed by atoms with Crippen LogP contribution in [0.4, 0.5) is 10.1 Å². The Hall–Kier alpha value is -1.58. The molecule has 1 aliphatic heterocycles. The number of nitrogens with two attached hydrogens (primary N) is 1. The summed E-state index contributed by atoms with van der Waals surface area (Å²) in [4.78, 5) is 6.33. The number of aliphatic imine (C=N–C) groups is 1. The standard InChI is InChI=1S/C15H20FN3/c1-11-6-8-15(9-7-11)10-18-14(17)19(15)13-5-3-2-4-12(13)16/h2-5,11H,6-10H2,1H3,(H2,17,18).